The summed E-state index contributed by atoms with van der Waals surface area (Å²) >= 11 is 0. The first-order valence-electron chi connectivity index (χ1n) is 19.5. The van der Waals surface area contributed by atoms with Gasteiger partial charge in [-0.05, 0) is 126 Å². The average molecular weight is 716 g/mol. The molecule has 0 aliphatic heterocycles. The van der Waals surface area contributed by atoms with Gasteiger partial charge in [-0.3, -0.25) is 0 Å². The number of hydrogen-bond acceptors (Lipinski definition) is 1. The molecule has 0 saturated heterocycles. The molecule has 0 bridgehead atoms. The normalized spacial score (nSPS) is 12.6. The van der Waals surface area contributed by atoms with E-state index in [1.54, 1.807) is 0 Å². The van der Waals surface area contributed by atoms with Crippen LogP contribution >= 0.6 is 0 Å². The second-order valence-corrected chi connectivity index (χ2v) is 15.4. The van der Waals surface area contributed by atoms with Gasteiger partial charge in [0.1, 0.15) is 0 Å². The Morgan fingerprint density at radius 2 is 0.768 bits per heavy atom. The molecule has 0 amide bonds. The van der Waals surface area contributed by atoms with Crippen LogP contribution in [0.5, 0.6) is 0 Å². The summed E-state index contributed by atoms with van der Waals surface area (Å²) in [6, 6.07) is 77.5. The van der Waals surface area contributed by atoms with E-state index < -0.39 is 0 Å². The Hall–Kier alpha value is -6.96. The fraction of sp³-hybridized carbons (Fsp3) is 0.0545. The zero-order valence-electron chi connectivity index (χ0n) is 31.7. The van der Waals surface area contributed by atoms with Gasteiger partial charge in [0, 0.05) is 22.5 Å². The van der Waals surface area contributed by atoms with E-state index in [-0.39, 0.29) is 5.41 Å². The lowest BCUT2D eigenvalue weighted by molar-refractivity contribution is 0.660. The largest absolute Gasteiger partial charge is 0.310 e. The predicted molar refractivity (Wildman–Crippen MR) is 238 cm³/mol. The highest BCUT2D eigenvalue weighted by atomic mass is 15.1. The molecule has 1 heteroatoms. The third kappa shape index (κ3) is 5.90. The lowest BCUT2D eigenvalue weighted by atomic mass is 9.82. The van der Waals surface area contributed by atoms with Gasteiger partial charge in [-0.25, -0.2) is 0 Å². The minimum atomic E-state index is -0.0970. The average Bonchev–Trinajstić information content (AvgIpc) is 3.49. The highest BCUT2D eigenvalue weighted by Gasteiger charge is 2.35. The van der Waals surface area contributed by atoms with E-state index in [9.17, 15) is 0 Å². The van der Waals surface area contributed by atoms with Crippen LogP contribution in [0, 0.1) is 0 Å². The maximum atomic E-state index is 2.41. The fourth-order valence-electron chi connectivity index (χ4n) is 8.74. The van der Waals surface area contributed by atoms with Gasteiger partial charge < -0.3 is 4.90 Å². The Labute approximate surface area is 329 Å². The molecule has 10 rings (SSSR count). The van der Waals surface area contributed by atoms with Crippen molar-refractivity contribution in [2.24, 2.45) is 0 Å². The monoisotopic (exact) mass is 715 g/mol. The molecule has 9 aromatic rings. The number of fused-ring (bicyclic) bond motifs is 4. The summed E-state index contributed by atoms with van der Waals surface area (Å²) in [6.07, 6.45) is 0. The van der Waals surface area contributed by atoms with E-state index >= 15 is 0 Å². The van der Waals surface area contributed by atoms with Crippen LogP contribution in [-0.4, -0.2) is 0 Å². The lowest BCUT2D eigenvalue weighted by Gasteiger charge is -2.28. The van der Waals surface area contributed by atoms with Crippen LogP contribution in [0.1, 0.15) is 25.0 Å². The van der Waals surface area contributed by atoms with E-state index in [0.717, 1.165) is 17.1 Å². The summed E-state index contributed by atoms with van der Waals surface area (Å²) in [4.78, 5) is 2.40. The van der Waals surface area contributed by atoms with E-state index in [4.69, 9.17) is 0 Å². The fourth-order valence-corrected chi connectivity index (χ4v) is 8.74. The van der Waals surface area contributed by atoms with Crippen molar-refractivity contribution < 1.29 is 0 Å². The van der Waals surface area contributed by atoms with Gasteiger partial charge in [-0.15, -0.1) is 0 Å². The van der Waals surface area contributed by atoms with Crippen molar-refractivity contribution in [2.45, 2.75) is 19.3 Å². The number of benzene rings is 9. The summed E-state index contributed by atoms with van der Waals surface area (Å²) in [5, 5.41) is 2.53. The highest BCUT2D eigenvalue weighted by Crippen LogP contribution is 2.50. The van der Waals surface area contributed by atoms with Gasteiger partial charge in [0.05, 0.1) is 0 Å². The Bertz CT molecular complexity index is 2860. The second-order valence-electron chi connectivity index (χ2n) is 15.4. The van der Waals surface area contributed by atoms with Gasteiger partial charge >= 0.3 is 0 Å². The number of nitrogens with zero attached hydrogens (tertiary/aromatic N) is 1. The minimum Gasteiger partial charge on any atom is -0.310 e. The minimum absolute atomic E-state index is 0.0970. The smallest absolute Gasteiger partial charge is 0.0465 e. The van der Waals surface area contributed by atoms with Gasteiger partial charge in [-0.1, -0.05) is 178 Å². The van der Waals surface area contributed by atoms with Crippen molar-refractivity contribution in [1.82, 2.24) is 0 Å². The Morgan fingerprint density at radius 1 is 0.304 bits per heavy atom. The van der Waals surface area contributed by atoms with Crippen LogP contribution in [0.15, 0.2) is 212 Å². The molecule has 1 aliphatic rings. The SMILES string of the molecule is CC1(C)c2ccccc2-c2ccc(N(c3ccc(-c4cccc(-c5ccccc5)c4)cc3)c3ccc(-c4cccc(-c5cccc6ccccc56)c4)cc3)cc21. The Kier molecular flexibility index (Phi) is 8.23. The maximum absolute atomic E-state index is 2.41. The predicted octanol–water partition coefficient (Wildman–Crippen LogP) is 15.3. The topological polar surface area (TPSA) is 3.24 Å². The standard InChI is InChI=1S/C55H41N/c1-55(2)53-24-9-8-22-51(53)52-34-33-48(37-54(52)55)56(46-29-25-39(26-30-46)43-18-10-17-42(35-43)38-13-4-3-5-14-38)47-31-27-40(28-32-47)44-19-11-20-45(36-44)50-23-12-16-41-15-6-7-21-49(41)50/h3-37H,1-2H3. The van der Waals surface area contributed by atoms with E-state index in [1.807, 2.05) is 0 Å². The third-order valence-corrected chi connectivity index (χ3v) is 11.7. The molecule has 0 radical (unpaired) electrons. The zero-order valence-corrected chi connectivity index (χ0v) is 31.7. The van der Waals surface area contributed by atoms with Crippen LogP contribution < -0.4 is 4.90 Å². The van der Waals surface area contributed by atoms with Crippen LogP contribution in [0.2, 0.25) is 0 Å². The van der Waals surface area contributed by atoms with E-state index in [2.05, 4.69) is 231 Å². The molecule has 0 saturated carbocycles. The van der Waals surface area contributed by atoms with E-state index in [0.29, 0.717) is 0 Å². The van der Waals surface area contributed by atoms with Crippen molar-refractivity contribution in [3.8, 4) is 55.6 Å². The van der Waals surface area contributed by atoms with Gasteiger partial charge in [0.15, 0.2) is 0 Å². The summed E-state index contributed by atoms with van der Waals surface area (Å²) in [7, 11) is 0. The molecule has 9 aromatic carbocycles. The molecule has 0 heterocycles. The third-order valence-electron chi connectivity index (χ3n) is 11.7. The second kappa shape index (κ2) is 13.7. The van der Waals surface area contributed by atoms with Gasteiger partial charge in [-0.2, -0.15) is 0 Å². The first kappa shape index (κ1) is 33.6. The Morgan fingerprint density at radius 3 is 1.46 bits per heavy atom. The quantitative estimate of drug-likeness (QED) is 0.159. The van der Waals surface area contributed by atoms with Crippen molar-refractivity contribution >= 4 is 27.8 Å². The maximum Gasteiger partial charge on any atom is 0.0465 e. The molecular weight excluding hydrogens is 675 g/mol. The molecule has 0 aromatic heterocycles. The van der Waals surface area contributed by atoms with Crippen molar-refractivity contribution in [2.75, 3.05) is 4.90 Å². The number of anilines is 3. The zero-order chi connectivity index (χ0) is 37.6. The van der Waals surface area contributed by atoms with E-state index in [1.165, 1.54) is 77.5 Å². The van der Waals surface area contributed by atoms with Crippen molar-refractivity contribution in [1.29, 1.82) is 0 Å². The lowest BCUT2D eigenvalue weighted by Crippen LogP contribution is -2.16. The van der Waals surface area contributed by atoms with Crippen LogP contribution in [0.25, 0.3) is 66.4 Å². The van der Waals surface area contributed by atoms with Gasteiger partial charge in [0.25, 0.3) is 0 Å². The molecule has 0 unspecified atom stereocenters. The van der Waals surface area contributed by atoms with Gasteiger partial charge in [0.2, 0.25) is 0 Å². The van der Waals surface area contributed by atoms with Crippen LogP contribution in [0.3, 0.4) is 0 Å². The molecule has 0 fully saturated rings. The molecule has 1 nitrogen and oxygen atoms in total. The van der Waals surface area contributed by atoms with Crippen molar-refractivity contribution in [3.63, 3.8) is 0 Å². The molecule has 0 spiro atoms. The molecule has 0 N–H and O–H groups in total. The van der Waals surface area contributed by atoms with Crippen LogP contribution in [-0.2, 0) is 5.41 Å². The first-order chi connectivity index (χ1) is 27.5. The highest BCUT2D eigenvalue weighted by molar-refractivity contribution is 5.97. The molecule has 56 heavy (non-hydrogen) atoms. The van der Waals surface area contributed by atoms with Crippen molar-refractivity contribution in [3.05, 3.63) is 223 Å². The number of rotatable bonds is 7. The summed E-state index contributed by atoms with van der Waals surface area (Å²) < 4.78 is 0. The molecule has 266 valence electrons. The molecule has 0 atom stereocenters. The summed E-state index contributed by atoms with van der Waals surface area (Å²) in [5.74, 6) is 0. The van der Waals surface area contributed by atoms with Crippen LogP contribution in [0.4, 0.5) is 17.1 Å². The molecular formula is C55H41N. The Balaban J connectivity index is 1.04. The molecule has 1 aliphatic carbocycles. The first-order valence-corrected chi connectivity index (χ1v) is 19.5. The summed E-state index contributed by atoms with van der Waals surface area (Å²) in [6.45, 7) is 4.70. The summed E-state index contributed by atoms with van der Waals surface area (Å²) in [5.41, 5.74) is 18.4. The number of hydrogen-bond donors (Lipinski definition) is 0.